The second kappa shape index (κ2) is 11.0. The summed E-state index contributed by atoms with van der Waals surface area (Å²) >= 11 is 0. The van der Waals surface area contributed by atoms with Crippen molar-refractivity contribution in [1.29, 1.82) is 0 Å². The summed E-state index contributed by atoms with van der Waals surface area (Å²) in [5, 5.41) is 10.7. The fraction of sp³-hybridized carbons (Fsp3) is 0.0227. The predicted octanol–water partition coefficient (Wildman–Crippen LogP) is 11.5. The minimum absolute atomic E-state index is 0.919. The van der Waals surface area contributed by atoms with Crippen molar-refractivity contribution < 1.29 is 0 Å². The molecule has 0 aliphatic rings. The molecule has 0 bridgehead atoms. The first-order chi connectivity index (χ1) is 23.3. The molecule has 0 spiro atoms. The van der Waals surface area contributed by atoms with Gasteiger partial charge in [-0.15, -0.1) is 0 Å². The highest BCUT2D eigenvalue weighted by Gasteiger charge is 2.19. The Labute approximate surface area is 273 Å². The average Bonchev–Trinajstić information content (AvgIpc) is 3.53. The SMILES string of the molecule is CNc1ccc2c(c1)nc(-c1cccc(-c3c4ccccc4c(-c4ccc5ccccc5c4)c4ccccc34)c1)n2-c1ccccc1. The molecule has 8 aromatic carbocycles. The first-order valence-corrected chi connectivity index (χ1v) is 16.1. The minimum Gasteiger partial charge on any atom is -0.388 e. The number of anilines is 1. The highest BCUT2D eigenvalue weighted by atomic mass is 15.1. The molecule has 0 atom stereocenters. The zero-order valence-electron chi connectivity index (χ0n) is 26.0. The summed E-state index contributed by atoms with van der Waals surface area (Å²) in [6.45, 7) is 0. The van der Waals surface area contributed by atoms with E-state index < -0.39 is 0 Å². The Bertz CT molecular complexity index is 2560. The van der Waals surface area contributed by atoms with Crippen LogP contribution < -0.4 is 5.32 Å². The number of nitrogens with one attached hydrogen (secondary N) is 1. The third-order valence-corrected chi connectivity index (χ3v) is 9.34. The highest BCUT2D eigenvalue weighted by Crippen LogP contribution is 2.44. The van der Waals surface area contributed by atoms with Crippen molar-refractivity contribution in [3.63, 3.8) is 0 Å². The summed E-state index contributed by atoms with van der Waals surface area (Å²) in [5.74, 6) is 0.919. The molecule has 0 amide bonds. The molecule has 222 valence electrons. The zero-order valence-corrected chi connectivity index (χ0v) is 26.0. The Kier molecular flexibility index (Phi) is 6.36. The molecule has 0 saturated heterocycles. The Balaban J connectivity index is 1.30. The summed E-state index contributed by atoms with van der Waals surface area (Å²) in [6, 6.07) is 58.9. The Morgan fingerprint density at radius 2 is 1.06 bits per heavy atom. The molecule has 9 aromatic rings. The smallest absolute Gasteiger partial charge is 0.145 e. The summed E-state index contributed by atoms with van der Waals surface area (Å²) in [5.41, 5.74) is 10.1. The number of hydrogen-bond donors (Lipinski definition) is 1. The lowest BCUT2D eigenvalue weighted by molar-refractivity contribution is 1.10. The van der Waals surface area contributed by atoms with Gasteiger partial charge in [0.2, 0.25) is 0 Å². The van der Waals surface area contributed by atoms with E-state index >= 15 is 0 Å². The first-order valence-electron chi connectivity index (χ1n) is 16.1. The third-order valence-electron chi connectivity index (χ3n) is 9.34. The standard InChI is InChI=1S/C44H31N3/c1-45-34-24-25-41-40(28-34)46-44(47(41)35-16-3-2-4-17-35)33-15-11-14-31(27-33)42-36-18-7-9-20-38(36)43(39-21-10-8-19-37(39)42)32-23-22-29-12-5-6-13-30(29)26-32/h2-28,45H,1H3. The molecule has 3 heteroatoms. The van der Waals surface area contributed by atoms with Crippen LogP contribution in [0.15, 0.2) is 164 Å². The van der Waals surface area contributed by atoms with Crippen molar-refractivity contribution in [2.24, 2.45) is 0 Å². The van der Waals surface area contributed by atoms with Gasteiger partial charge >= 0.3 is 0 Å². The van der Waals surface area contributed by atoms with Crippen LogP contribution in [-0.2, 0) is 0 Å². The zero-order chi connectivity index (χ0) is 31.3. The highest BCUT2D eigenvalue weighted by molar-refractivity contribution is 6.21. The second-order valence-corrected chi connectivity index (χ2v) is 12.0. The van der Waals surface area contributed by atoms with Crippen molar-refractivity contribution in [1.82, 2.24) is 9.55 Å². The third kappa shape index (κ3) is 4.47. The molecule has 0 saturated carbocycles. The molecule has 0 aliphatic carbocycles. The van der Waals surface area contributed by atoms with Gasteiger partial charge in [0, 0.05) is 24.0 Å². The molecule has 1 N–H and O–H groups in total. The van der Waals surface area contributed by atoms with Crippen LogP contribution in [0.4, 0.5) is 5.69 Å². The van der Waals surface area contributed by atoms with Gasteiger partial charge in [0.05, 0.1) is 11.0 Å². The number of fused-ring (bicyclic) bond motifs is 4. The van der Waals surface area contributed by atoms with Crippen LogP contribution in [-0.4, -0.2) is 16.6 Å². The Hall–Kier alpha value is -6.19. The molecule has 1 heterocycles. The van der Waals surface area contributed by atoms with Crippen molar-refractivity contribution in [2.45, 2.75) is 0 Å². The minimum atomic E-state index is 0.919. The molecule has 9 rings (SSSR count). The fourth-order valence-electron chi connectivity index (χ4n) is 7.18. The maximum absolute atomic E-state index is 5.23. The number of imidazole rings is 1. The lowest BCUT2D eigenvalue weighted by atomic mass is 9.85. The van der Waals surface area contributed by atoms with E-state index in [1.807, 2.05) is 7.05 Å². The van der Waals surface area contributed by atoms with Crippen molar-refractivity contribution in [3.8, 4) is 39.3 Å². The molecular weight excluding hydrogens is 571 g/mol. The molecule has 3 nitrogen and oxygen atoms in total. The average molecular weight is 602 g/mol. The van der Waals surface area contributed by atoms with E-state index in [1.54, 1.807) is 0 Å². The largest absolute Gasteiger partial charge is 0.388 e. The van der Waals surface area contributed by atoms with E-state index in [0.717, 1.165) is 33.8 Å². The van der Waals surface area contributed by atoms with Crippen molar-refractivity contribution in [2.75, 3.05) is 12.4 Å². The van der Waals surface area contributed by atoms with Crippen molar-refractivity contribution >= 4 is 49.0 Å². The van der Waals surface area contributed by atoms with Crippen LogP contribution in [0.2, 0.25) is 0 Å². The van der Waals surface area contributed by atoms with Crippen LogP contribution in [0.3, 0.4) is 0 Å². The van der Waals surface area contributed by atoms with E-state index in [0.29, 0.717) is 0 Å². The monoisotopic (exact) mass is 601 g/mol. The molecule has 0 aliphatic heterocycles. The number of rotatable bonds is 5. The molecule has 47 heavy (non-hydrogen) atoms. The predicted molar refractivity (Wildman–Crippen MR) is 199 cm³/mol. The second-order valence-electron chi connectivity index (χ2n) is 12.0. The lowest BCUT2D eigenvalue weighted by Gasteiger charge is -2.18. The molecular formula is C44H31N3. The summed E-state index contributed by atoms with van der Waals surface area (Å²) < 4.78 is 2.27. The molecule has 0 radical (unpaired) electrons. The lowest BCUT2D eigenvalue weighted by Crippen LogP contribution is -1.98. The summed E-state index contributed by atoms with van der Waals surface area (Å²) in [4.78, 5) is 5.23. The fourth-order valence-corrected chi connectivity index (χ4v) is 7.18. The van der Waals surface area contributed by atoms with Crippen LogP contribution in [0.1, 0.15) is 0 Å². The quantitative estimate of drug-likeness (QED) is 0.199. The van der Waals surface area contributed by atoms with Crippen LogP contribution >= 0.6 is 0 Å². The topological polar surface area (TPSA) is 29.9 Å². The summed E-state index contributed by atoms with van der Waals surface area (Å²) in [7, 11) is 1.94. The van der Waals surface area contributed by atoms with E-state index in [9.17, 15) is 0 Å². The number of aromatic nitrogens is 2. The molecule has 0 unspecified atom stereocenters. The van der Waals surface area contributed by atoms with Gasteiger partial charge in [0.15, 0.2) is 0 Å². The Morgan fingerprint density at radius 1 is 0.468 bits per heavy atom. The van der Waals surface area contributed by atoms with Gasteiger partial charge in [-0.2, -0.15) is 0 Å². The van der Waals surface area contributed by atoms with Gasteiger partial charge in [-0.1, -0.05) is 121 Å². The van der Waals surface area contributed by atoms with Gasteiger partial charge in [0.25, 0.3) is 0 Å². The Morgan fingerprint density at radius 3 is 1.74 bits per heavy atom. The summed E-state index contributed by atoms with van der Waals surface area (Å²) in [6.07, 6.45) is 0. The van der Waals surface area contributed by atoms with Gasteiger partial charge < -0.3 is 5.32 Å². The van der Waals surface area contributed by atoms with Crippen LogP contribution in [0.5, 0.6) is 0 Å². The van der Waals surface area contributed by atoms with Crippen molar-refractivity contribution in [3.05, 3.63) is 164 Å². The van der Waals surface area contributed by atoms with Gasteiger partial charge in [-0.05, 0) is 97.0 Å². The number of benzene rings is 8. The normalized spacial score (nSPS) is 11.5. The molecule has 1 aromatic heterocycles. The van der Waals surface area contributed by atoms with E-state index in [-0.39, 0.29) is 0 Å². The van der Waals surface area contributed by atoms with E-state index in [2.05, 4.69) is 174 Å². The van der Waals surface area contributed by atoms with Gasteiger partial charge in [0.1, 0.15) is 5.82 Å². The number of para-hydroxylation sites is 1. The van der Waals surface area contributed by atoms with Crippen LogP contribution in [0, 0.1) is 0 Å². The van der Waals surface area contributed by atoms with Gasteiger partial charge in [-0.25, -0.2) is 4.98 Å². The van der Waals surface area contributed by atoms with E-state index in [1.165, 1.54) is 54.6 Å². The van der Waals surface area contributed by atoms with Gasteiger partial charge in [-0.3, -0.25) is 4.57 Å². The number of nitrogens with zero attached hydrogens (tertiary/aromatic N) is 2. The van der Waals surface area contributed by atoms with Crippen LogP contribution in [0.25, 0.3) is 82.7 Å². The molecule has 0 fully saturated rings. The first kappa shape index (κ1) is 27.1. The maximum atomic E-state index is 5.23. The maximum Gasteiger partial charge on any atom is 0.145 e. The van der Waals surface area contributed by atoms with E-state index in [4.69, 9.17) is 4.98 Å². The number of hydrogen-bond acceptors (Lipinski definition) is 2.